The van der Waals surface area contributed by atoms with E-state index in [9.17, 15) is 29.4 Å². The van der Waals surface area contributed by atoms with E-state index in [4.69, 9.17) is 19.2 Å². The molecule has 0 radical (unpaired) electrons. The van der Waals surface area contributed by atoms with Crippen molar-refractivity contribution in [1.82, 2.24) is 29.7 Å². The molecule has 2 aliphatic heterocycles. The van der Waals surface area contributed by atoms with Crippen LogP contribution in [0.4, 0.5) is 5.69 Å². The molecule has 4 heterocycles. The first kappa shape index (κ1) is 47.8. The van der Waals surface area contributed by atoms with Crippen LogP contribution in [0.5, 0.6) is 0 Å². The molecule has 4 N–H and O–H groups in total. The van der Waals surface area contributed by atoms with Gasteiger partial charge in [-0.1, -0.05) is 110 Å². The number of amides is 5. The molecule has 1 saturated heterocycles. The molecule has 362 valence electrons. The average molecular weight is 947 g/mol. The normalized spacial score (nSPS) is 16.2. The summed E-state index contributed by atoms with van der Waals surface area (Å²) in [6.45, 7) is 3.12. The predicted octanol–water partition coefficient (Wildman–Crippen LogP) is 6.77. The zero-order valence-corrected chi connectivity index (χ0v) is 39.1. The lowest BCUT2D eigenvalue weighted by Gasteiger charge is -2.27. The third kappa shape index (κ3) is 10.6. The molecule has 16 heteroatoms. The lowest BCUT2D eigenvalue weighted by Crippen LogP contribution is -2.54. The molecular formula is C54H58N8O8. The van der Waals surface area contributed by atoms with Gasteiger partial charge in [0.05, 0.1) is 68.2 Å². The molecule has 4 aromatic carbocycles. The maximum atomic E-state index is 13.3. The molecule has 1 atom stereocenters. The highest BCUT2D eigenvalue weighted by Gasteiger charge is 2.45. The second kappa shape index (κ2) is 22.4. The maximum Gasteiger partial charge on any atom is 0.264 e. The number of hydrogen-bond donors (Lipinski definition) is 4. The van der Waals surface area contributed by atoms with Crippen molar-refractivity contribution in [3.8, 4) is 22.4 Å². The Bertz CT molecular complexity index is 2930. The minimum Gasteiger partial charge on any atom is -0.382 e. The van der Waals surface area contributed by atoms with Gasteiger partial charge in [0.15, 0.2) is 0 Å². The van der Waals surface area contributed by atoms with Crippen molar-refractivity contribution < 1.29 is 38.2 Å². The number of carbonyl (C=O) groups is 5. The fourth-order valence-corrected chi connectivity index (χ4v) is 9.78. The second-order valence-electron chi connectivity index (χ2n) is 17.8. The summed E-state index contributed by atoms with van der Waals surface area (Å²) in [5.41, 5.74) is 8.27. The number of carbonyl (C=O) groups excluding carboxylic acids is 5. The second-order valence-corrected chi connectivity index (χ2v) is 17.8. The fraction of sp³-hybridized carbons (Fsp3) is 0.352. The van der Waals surface area contributed by atoms with Crippen molar-refractivity contribution >= 4 is 46.3 Å². The number of imide groups is 2. The SMILES string of the molecule is N=c1c2c(-c3ccccc3)c(-c3ccccc3)n(Cc3cccc(CNC(=O)CCOCCOCCOCCNc4cccc5c4C(=O)N(C4CCC(=O)NC4=O)C5=O)c3)c2ncn1C1CCCCC1. The Hall–Kier alpha value is -7.27. The van der Waals surface area contributed by atoms with Gasteiger partial charge in [-0.05, 0) is 53.6 Å². The van der Waals surface area contributed by atoms with Crippen molar-refractivity contribution in [2.45, 2.75) is 76.5 Å². The number of benzene rings is 4. The van der Waals surface area contributed by atoms with Gasteiger partial charge in [-0.25, -0.2) is 4.98 Å². The van der Waals surface area contributed by atoms with Crippen LogP contribution in [0.1, 0.15) is 89.3 Å². The van der Waals surface area contributed by atoms with Crippen LogP contribution in [0.2, 0.25) is 0 Å². The van der Waals surface area contributed by atoms with E-state index < -0.39 is 29.7 Å². The van der Waals surface area contributed by atoms with Crippen LogP contribution >= 0.6 is 0 Å². The summed E-state index contributed by atoms with van der Waals surface area (Å²) in [6, 6.07) is 33.1. The number of nitrogens with zero attached hydrogens (tertiary/aromatic N) is 4. The molecular weight excluding hydrogens is 889 g/mol. The van der Waals surface area contributed by atoms with Gasteiger partial charge in [-0.2, -0.15) is 0 Å². The molecule has 0 spiro atoms. The number of hydrogen-bond acceptors (Lipinski definition) is 11. The largest absolute Gasteiger partial charge is 0.382 e. The third-order valence-electron chi connectivity index (χ3n) is 13.2. The van der Waals surface area contributed by atoms with Gasteiger partial charge in [0.2, 0.25) is 17.7 Å². The van der Waals surface area contributed by atoms with Crippen molar-refractivity contribution in [3.63, 3.8) is 0 Å². The zero-order chi connectivity index (χ0) is 48.4. The molecule has 6 aromatic rings. The Morgan fingerprint density at radius 3 is 2.16 bits per heavy atom. The Labute approximate surface area is 405 Å². The van der Waals surface area contributed by atoms with Crippen LogP contribution in [0.15, 0.2) is 109 Å². The first-order chi connectivity index (χ1) is 34.3. The summed E-state index contributed by atoms with van der Waals surface area (Å²) in [5.74, 6) is -2.33. The topological polar surface area (TPSA) is 199 Å². The molecule has 5 amide bonds. The lowest BCUT2D eigenvalue weighted by atomic mass is 9.95. The van der Waals surface area contributed by atoms with Crippen LogP contribution in [0, 0.1) is 5.41 Å². The molecule has 16 nitrogen and oxygen atoms in total. The Morgan fingerprint density at radius 1 is 0.729 bits per heavy atom. The highest BCUT2D eigenvalue weighted by molar-refractivity contribution is 6.25. The van der Waals surface area contributed by atoms with E-state index in [2.05, 4.69) is 61.5 Å². The summed E-state index contributed by atoms with van der Waals surface area (Å²) in [6.07, 6.45) is 7.89. The number of ether oxygens (including phenoxy) is 3. The smallest absolute Gasteiger partial charge is 0.264 e. The number of nitrogens with one attached hydrogen (secondary N) is 4. The first-order valence-corrected chi connectivity index (χ1v) is 24.2. The van der Waals surface area contributed by atoms with E-state index in [-0.39, 0.29) is 48.9 Å². The molecule has 0 bridgehead atoms. The van der Waals surface area contributed by atoms with Gasteiger partial charge in [-0.15, -0.1) is 0 Å². The predicted molar refractivity (Wildman–Crippen MR) is 263 cm³/mol. The summed E-state index contributed by atoms with van der Waals surface area (Å²) in [5, 5.41) is 18.9. The van der Waals surface area contributed by atoms with E-state index in [0.29, 0.717) is 63.8 Å². The Morgan fingerprint density at radius 2 is 1.41 bits per heavy atom. The van der Waals surface area contributed by atoms with Crippen molar-refractivity contribution in [1.29, 1.82) is 5.41 Å². The van der Waals surface area contributed by atoms with E-state index in [1.54, 1.807) is 18.2 Å². The van der Waals surface area contributed by atoms with Crippen molar-refractivity contribution in [3.05, 3.63) is 137 Å². The fourth-order valence-electron chi connectivity index (χ4n) is 9.78. The first-order valence-electron chi connectivity index (χ1n) is 24.2. The number of fused-ring (bicyclic) bond motifs is 2. The standard InChI is InChI=1S/C54H58N8O8/c55-50-48-46(38-14-4-1-5-15-38)49(39-16-6-2-7-17-39)60(51(48)58-35-61(50)40-18-8-3-9-19-40)34-37-13-10-12-36(32-37)33-57-44(63)24-26-68-28-30-70-31-29-69-27-25-56-42-21-11-20-41-47(42)54(67)62(53(41)66)43-22-23-45(64)59-52(43)65/h1-2,4-7,10-17,20-21,32,35,40,43,55-56H,3,8-9,18-19,22-31,33-34H2,(H,57,63)(H,59,64,65). The van der Waals surface area contributed by atoms with Gasteiger partial charge >= 0.3 is 0 Å². The van der Waals surface area contributed by atoms with Crippen molar-refractivity contribution in [2.75, 3.05) is 51.5 Å². The minimum absolute atomic E-state index is 0.0538. The highest BCUT2D eigenvalue weighted by Crippen LogP contribution is 2.40. The minimum atomic E-state index is -1.03. The third-order valence-corrected chi connectivity index (χ3v) is 13.2. The summed E-state index contributed by atoms with van der Waals surface area (Å²) < 4.78 is 21.3. The summed E-state index contributed by atoms with van der Waals surface area (Å²) in [4.78, 5) is 69.3. The van der Waals surface area contributed by atoms with E-state index in [0.717, 1.165) is 75.1 Å². The van der Waals surface area contributed by atoms with Gasteiger partial charge in [0, 0.05) is 49.8 Å². The Kier molecular flexibility index (Phi) is 15.3. The quantitative estimate of drug-likeness (QED) is 0.0441. The van der Waals surface area contributed by atoms with Gasteiger partial charge < -0.3 is 34.0 Å². The average Bonchev–Trinajstić information content (AvgIpc) is 3.85. The molecule has 1 saturated carbocycles. The van der Waals surface area contributed by atoms with Gasteiger partial charge in [0.25, 0.3) is 11.8 Å². The van der Waals surface area contributed by atoms with Crippen LogP contribution in [0.3, 0.4) is 0 Å². The van der Waals surface area contributed by atoms with E-state index in [1.165, 1.54) is 6.42 Å². The molecule has 70 heavy (non-hydrogen) atoms. The van der Waals surface area contributed by atoms with Crippen LogP contribution in [0.25, 0.3) is 33.4 Å². The number of piperidine rings is 1. The maximum absolute atomic E-state index is 13.3. The van der Waals surface area contributed by atoms with Crippen LogP contribution in [-0.2, 0) is 41.7 Å². The number of aromatic nitrogens is 3. The highest BCUT2D eigenvalue weighted by atomic mass is 16.5. The molecule has 1 unspecified atom stereocenters. The van der Waals surface area contributed by atoms with E-state index in [1.807, 2.05) is 54.9 Å². The molecule has 1 aliphatic carbocycles. The summed E-state index contributed by atoms with van der Waals surface area (Å²) >= 11 is 0. The molecule has 3 aliphatic rings. The number of anilines is 1. The lowest BCUT2D eigenvalue weighted by molar-refractivity contribution is -0.136. The molecule has 9 rings (SSSR count). The zero-order valence-electron chi connectivity index (χ0n) is 39.1. The summed E-state index contributed by atoms with van der Waals surface area (Å²) in [7, 11) is 0. The van der Waals surface area contributed by atoms with E-state index >= 15 is 0 Å². The molecule has 2 fully saturated rings. The Balaban J connectivity index is 0.719. The number of rotatable bonds is 21. The van der Waals surface area contributed by atoms with Crippen molar-refractivity contribution in [2.24, 2.45) is 0 Å². The van der Waals surface area contributed by atoms with Crippen LogP contribution in [-0.4, -0.2) is 101 Å². The monoisotopic (exact) mass is 946 g/mol. The van der Waals surface area contributed by atoms with Crippen LogP contribution < -0.4 is 21.4 Å². The molecule has 2 aromatic heterocycles. The van der Waals surface area contributed by atoms with Gasteiger partial charge in [0.1, 0.15) is 17.2 Å². The van der Waals surface area contributed by atoms with Gasteiger partial charge in [-0.3, -0.25) is 39.6 Å².